The van der Waals surface area contributed by atoms with E-state index in [-0.39, 0.29) is 64.5 Å². The van der Waals surface area contributed by atoms with Crippen LogP contribution in [0.3, 0.4) is 0 Å². The number of sulfonamides is 1. The van der Waals surface area contributed by atoms with E-state index in [1.54, 1.807) is 12.1 Å². The Morgan fingerprint density at radius 1 is 0.977 bits per heavy atom. The molecule has 0 aliphatic carbocycles. The van der Waals surface area contributed by atoms with E-state index >= 15 is 0 Å². The zero-order valence-electron chi connectivity index (χ0n) is 24.6. The number of benzene rings is 2. The summed E-state index contributed by atoms with van der Waals surface area (Å²) in [6, 6.07) is 9.07. The van der Waals surface area contributed by atoms with Gasteiger partial charge in [0.25, 0.3) is 5.69 Å². The van der Waals surface area contributed by atoms with E-state index in [1.807, 2.05) is 20.8 Å². The average molecular weight is 700 g/mol. The number of carbonyl (C=O) groups excluding carboxylic acids is 3. The molecule has 15 nitrogen and oxygen atoms in total. The van der Waals surface area contributed by atoms with E-state index in [2.05, 4.69) is 25.7 Å². The highest BCUT2D eigenvalue weighted by atomic mass is 79.9. The van der Waals surface area contributed by atoms with Gasteiger partial charge in [-0.15, -0.1) is 17.0 Å². The van der Waals surface area contributed by atoms with Gasteiger partial charge in [-0.25, -0.2) is 8.42 Å². The molecule has 0 aliphatic rings. The van der Waals surface area contributed by atoms with Crippen LogP contribution in [0.5, 0.6) is 0 Å². The Bertz CT molecular complexity index is 1410. The summed E-state index contributed by atoms with van der Waals surface area (Å²) in [5.74, 6) is -2.21. The van der Waals surface area contributed by atoms with Crippen LogP contribution in [0.25, 0.3) is 0 Å². The van der Waals surface area contributed by atoms with Gasteiger partial charge in [0.05, 0.1) is 16.4 Å². The van der Waals surface area contributed by atoms with E-state index in [1.165, 1.54) is 36.4 Å². The maximum atomic E-state index is 13.0. The number of nitrogens with two attached hydrogens (primary N) is 2. The predicted octanol–water partition coefficient (Wildman–Crippen LogP) is 1.47. The minimum atomic E-state index is -4.02. The molecular weight excluding hydrogens is 660 g/mol. The Hall–Kier alpha value is -4.09. The van der Waals surface area contributed by atoms with Crippen molar-refractivity contribution in [1.29, 1.82) is 0 Å². The molecule has 3 amide bonds. The fraction of sp³-hybridized carbons (Fsp3) is 0.407. The topological polar surface area (TPSA) is 241 Å². The Kier molecular flexibility index (Phi) is 15.4. The maximum Gasteiger partial charge on any atom is 0.269 e. The quantitative estimate of drug-likeness (QED) is 0.0488. The van der Waals surface area contributed by atoms with Gasteiger partial charge < -0.3 is 27.4 Å². The molecule has 0 aliphatic heterocycles. The maximum absolute atomic E-state index is 13.0. The lowest BCUT2D eigenvalue weighted by Gasteiger charge is -2.21. The van der Waals surface area contributed by atoms with Crippen molar-refractivity contribution in [2.24, 2.45) is 22.4 Å². The number of halogens is 1. The number of nitrogens with one attached hydrogen (secondary N) is 4. The zero-order valence-corrected chi connectivity index (χ0v) is 27.1. The lowest BCUT2D eigenvalue weighted by atomic mass is 10.0. The summed E-state index contributed by atoms with van der Waals surface area (Å²) in [5.41, 5.74) is 11.6. The number of aliphatic imine (C=N–C) groups is 1. The van der Waals surface area contributed by atoms with Crippen LogP contribution in [-0.4, -0.2) is 62.2 Å². The molecule has 2 atom stereocenters. The van der Waals surface area contributed by atoms with Gasteiger partial charge in [-0.2, -0.15) is 4.72 Å². The molecule has 242 valence electrons. The van der Waals surface area contributed by atoms with Gasteiger partial charge in [0.15, 0.2) is 5.96 Å². The highest BCUT2D eigenvalue weighted by Crippen LogP contribution is 2.16. The van der Waals surface area contributed by atoms with Gasteiger partial charge in [0, 0.05) is 24.4 Å². The van der Waals surface area contributed by atoms with Gasteiger partial charge in [-0.1, -0.05) is 31.5 Å². The van der Waals surface area contributed by atoms with Crippen LogP contribution in [-0.2, 0) is 24.4 Å². The van der Waals surface area contributed by atoms with Crippen LogP contribution in [0.2, 0.25) is 0 Å². The predicted molar refractivity (Wildman–Crippen MR) is 172 cm³/mol. The number of rotatable bonds is 16. The molecule has 0 bridgehead atoms. The molecule has 2 rings (SSSR count). The SMILES string of the molecule is Br.Cc1ccc(S(=O)(=O)N[C@H](CC(C)C)C(=O)NCC(=O)N[C@@H](CCCN=C(N)N)C(=O)Nc2ccc([N+](=O)[O-])cc2)cc1. The second kappa shape index (κ2) is 17.9. The molecule has 0 unspecified atom stereocenters. The Labute approximate surface area is 266 Å². The van der Waals surface area contributed by atoms with Crippen molar-refractivity contribution in [3.05, 3.63) is 64.2 Å². The van der Waals surface area contributed by atoms with E-state index < -0.39 is 51.3 Å². The monoisotopic (exact) mass is 698 g/mol. The number of guanidine groups is 1. The van der Waals surface area contributed by atoms with Crippen LogP contribution in [0.4, 0.5) is 11.4 Å². The van der Waals surface area contributed by atoms with E-state index in [4.69, 9.17) is 11.5 Å². The third-order valence-corrected chi connectivity index (χ3v) is 7.51. The van der Waals surface area contributed by atoms with Crippen molar-refractivity contribution in [2.45, 2.75) is 57.0 Å². The lowest BCUT2D eigenvalue weighted by molar-refractivity contribution is -0.384. The van der Waals surface area contributed by atoms with Crippen molar-refractivity contribution in [1.82, 2.24) is 15.4 Å². The standard InChI is InChI=1S/C27H38N8O7S.BrH/c1-17(2)15-23(34-43(41,42)21-12-6-18(3)7-13-21)25(37)31-16-24(36)33-22(5-4-14-30-27(28)29)26(38)32-19-8-10-20(11-9-19)35(39)40;/h6-13,17,22-23,34H,4-5,14-16H2,1-3H3,(H,31,37)(H,32,38)(H,33,36)(H4,28,29,30);1H/t22-,23+;/m0./s1. The first-order valence-corrected chi connectivity index (χ1v) is 14.9. The molecule has 8 N–H and O–H groups in total. The highest BCUT2D eigenvalue weighted by molar-refractivity contribution is 8.93. The van der Waals surface area contributed by atoms with Crippen molar-refractivity contribution in [3.63, 3.8) is 0 Å². The van der Waals surface area contributed by atoms with Crippen molar-refractivity contribution < 1.29 is 27.7 Å². The zero-order chi connectivity index (χ0) is 32.2. The number of nitrogens with zero attached hydrogens (tertiary/aromatic N) is 2. The van der Waals surface area contributed by atoms with E-state index in [0.717, 1.165) is 5.56 Å². The second-order valence-corrected chi connectivity index (χ2v) is 11.9. The molecule has 44 heavy (non-hydrogen) atoms. The number of non-ortho nitro benzene ring substituents is 1. The first-order valence-electron chi connectivity index (χ1n) is 13.4. The highest BCUT2D eigenvalue weighted by Gasteiger charge is 2.27. The van der Waals surface area contributed by atoms with Crippen LogP contribution in [0, 0.1) is 23.0 Å². The summed E-state index contributed by atoms with van der Waals surface area (Å²) in [6.45, 7) is 5.12. The van der Waals surface area contributed by atoms with Crippen LogP contribution < -0.4 is 32.1 Å². The molecule has 0 heterocycles. The molecule has 2 aromatic rings. The fourth-order valence-electron chi connectivity index (χ4n) is 3.86. The molecule has 0 spiro atoms. The summed E-state index contributed by atoms with van der Waals surface area (Å²) in [7, 11) is -4.02. The molecule has 0 aromatic heterocycles. The van der Waals surface area contributed by atoms with Gasteiger partial charge in [0.2, 0.25) is 27.7 Å². The van der Waals surface area contributed by atoms with Crippen molar-refractivity contribution in [2.75, 3.05) is 18.4 Å². The number of nitro benzene ring substituents is 1. The second-order valence-electron chi connectivity index (χ2n) is 10.2. The summed E-state index contributed by atoms with van der Waals surface area (Å²) >= 11 is 0. The van der Waals surface area contributed by atoms with Crippen LogP contribution in [0.15, 0.2) is 58.4 Å². The van der Waals surface area contributed by atoms with Gasteiger partial charge in [-0.05, 0) is 56.4 Å². The van der Waals surface area contributed by atoms with E-state index in [0.29, 0.717) is 6.42 Å². The van der Waals surface area contributed by atoms with Crippen LogP contribution in [0.1, 0.15) is 38.7 Å². The Balaban J connectivity index is 0.00000968. The van der Waals surface area contributed by atoms with Gasteiger partial charge in [-0.3, -0.25) is 29.5 Å². The number of amides is 3. The number of hydrogen-bond donors (Lipinski definition) is 6. The van der Waals surface area contributed by atoms with Crippen molar-refractivity contribution in [3.8, 4) is 0 Å². The van der Waals surface area contributed by atoms with Crippen LogP contribution >= 0.6 is 17.0 Å². The minimum absolute atomic E-state index is 0. The molecular formula is C27H39BrN8O7S. The first-order chi connectivity index (χ1) is 20.2. The number of aryl methyl sites for hydroxylation is 1. The number of anilines is 1. The third-order valence-electron chi connectivity index (χ3n) is 6.02. The number of carbonyl (C=O) groups is 3. The summed E-state index contributed by atoms with van der Waals surface area (Å²) < 4.78 is 28.2. The number of hydrogen-bond acceptors (Lipinski definition) is 8. The Morgan fingerprint density at radius 2 is 1.59 bits per heavy atom. The fourth-order valence-corrected chi connectivity index (χ4v) is 5.07. The molecule has 17 heteroatoms. The van der Waals surface area contributed by atoms with Crippen molar-refractivity contribution >= 4 is 62.1 Å². The van der Waals surface area contributed by atoms with Gasteiger partial charge in [0.1, 0.15) is 12.1 Å². The largest absolute Gasteiger partial charge is 0.370 e. The molecule has 0 radical (unpaired) electrons. The molecule has 0 saturated heterocycles. The number of nitro groups is 1. The molecule has 0 fully saturated rings. The lowest BCUT2D eigenvalue weighted by Crippen LogP contribution is -2.51. The Morgan fingerprint density at radius 3 is 2.14 bits per heavy atom. The summed E-state index contributed by atoms with van der Waals surface area (Å²) in [4.78, 5) is 52.9. The summed E-state index contributed by atoms with van der Waals surface area (Å²) in [5, 5.41) is 18.5. The van der Waals surface area contributed by atoms with Gasteiger partial charge >= 0.3 is 0 Å². The molecule has 2 aromatic carbocycles. The molecule has 0 saturated carbocycles. The normalized spacial score (nSPS) is 12.3. The van der Waals surface area contributed by atoms with E-state index in [9.17, 15) is 32.9 Å². The minimum Gasteiger partial charge on any atom is -0.370 e. The first kappa shape index (κ1) is 37.9. The smallest absolute Gasteiger partial charge is 0.269 e. The summed E-state index contributed by atoms with van der Waals surface area (Å²) in [6.07, 6.45) is 0.616. The average Bonchev–Trinajstić information content (AvgIpc) is 2.93. The third kappa shape index (κ3) is 13.0.